The molecule has 1 rings (SSSR count). The van der Waals surface area contributed by atoms with E-state index in [-0.39, 0.29) is 11.8 Å². The van der Waals surface area contributed by atoms with E-state index in [1.807, 2.05) is 0 Å². The number of amides is 2. The highest BCUT2D eigenvalue weighted by molar-refractivity contribution is 5.87. The van der Waals surface area contributed by atoms with Crippen molar-refractivity contribution in [3.05, 3.63) is 0 Å². The normalized spacial score (nSPS) is 17.4. The maximum Gasteiger partial charge on any atom is 0.326 e. The van der Waals surface area contributed by atoms with E-state index in [0.717, 1.165) is 0 Å². The summed E-state index contributed by atoms with van der Waals surface area (Å²) >= 11 is 0. The highest BCUT2D eigenvalue weighted by atomic mass is 16.4. The Bertz CT molecular complexity index is 414. The first kappa shape index (κ1) is 15.9. The number of rotatable bonds is 5. The minimum Gasteiger partial charge on any atom is -0.481 e. The van der Waals surface area contributed by atoms with E-state index in [1.165, 1.54) is 6.92 Å². The van der Waals surface area contributed by atoms with Gasteiger partial charge in [-0.3, -0.25) is 14.4 Å². The standard InChI is InChI=1S/C12H18N2O6/c1-7(15)14-4-2-8(3-5-14)11(18)13-9(12(19)20)6-10(16)17/h8-9H,2-6H2,1H3,(H,13,18)(H,16,17)(H,19,20)/t9-/m1/s1. The zero-order valence-corrected chi connectivity index (χ0v) is 11.2. The van der Waals surface area contributed by atoms with Crippen LogP contribution in [-0.2, 0) is 19.2 Å². The van der Waals surface area contributed by atoms with Crippen LogP contribution < -0.4 is 5.32 Å². The van der Waals surface area contributed by atoms with Crippen LogP contribution in [0.3, 0.4) is 0 Å². The first-order valence-electron chi connectivity index (χ1n) is 6.31. The number of piperidine rings is 1. The Morgan fingerprint density at radius 1 is 1.20 bits per heavy atom. The first-order valence-corrected chi connectivity index (χ1v) is 6.31. The molecule has 0 spiro atoms. The molecule has 0 bridgehead atoms. The van der Waals surface area contributed by atoms with Gasteiger partial charge in [-0.2, -0.15) is 0 Å². The molecule has 1 aliphatic rings. The Morgan fingerprint density at radius 3 is 2.15 bits per heavy atom. The molecular formula is C12H18N2O6. The number of aliphatic carboxylic acids is 2. The van der Waals surface area contributed by atoms with Crippen LogP contribution in [0, 0.1) is 5.92 Å². The van der Waals surface area contributed by atoms with Gasteiger partial charge in [0.25, 0.3) is 0 Å². The Kier molecular flexibility index (Phi) is 5.48. The lowest BCUT2D eigenvalue weighted by atomic mass is 9.95. The summed E-state index contributed by atoms with van der Waals surface area (Å²) in [5, 5.41) is 19.7. The molecule has 20 heavy (non-hydrogen) atoms. The van der Waals surface area contributed by atoms with Gasteiger partial charge in [-0.1, -0.05) is 0 Å². The molecule has 1 atom stereocenters. The molecule has 112 valence electrons. The van der Waals surface area contributed by atoms with Crippen molar-refractivity contribution in [2.24, 2.45) is 5.92 Å². The van der Waals surface area contributed by atoms with Gasteiger partial charge in [-0.05, 0) is 12.8 Å². The number of nitrogens with zero attached hydrogens (tertiary/aromatic N) is 1. The monoisotopic (exact) mass is 286 g/mol. The Hall–Kier alpha value is -2.12. The van der Waals surface area contributed by atoms with Crippen molar-refractivity contribution in [3.8, 4) is 0 Å². The van der Waals surface area contributed by atoms with Crippen molar-refractivity contribution in [2.75, 3.05) is 13.1 Å². The molecule has 8 nitrogen and oxygen atoms in total. The van der Waals surface area contributed by atoms with Crippen LogP contribution in [0.2, 0.25) is 0 Å². The Labute approximate surface area is 115 Å². The number of carboxylic acid groups (broad SMARTS) is 2. The van der Waals surface area contributed by atoms with E-state index < -0.39 is 30.3 Å². The van der Waals surface area contributed by atoms with E-state index in [2.05, 4.69) is 5.32 Å². The molecule has 1 aliphatic heterocycles. The molecule has 0 aromatic rings. The Morgan fingerprint density at radius 2 is 1.75 bits per heavy atom. The highest BCUT2D eigenvalue weighted by Crippen LogP contribution is 2.17. The van der Waals surface area contributed by atoms with Crippen molar-refractivity contribution in [3.63, 3.8) is 0 Å². The first-order chi connectivity index (χ1) is 9.31. The van der Waals surface area contributed by atoms with E-state index in [9.17, 15) is 19.2 Å². The van der Waals surface area contributed by atoms with E-state index >= 15 is 0 Å². The molecular weight excluding hydrogens is 268 g/mol. The number of hydrogen-bond donors (Lipinski definition) is 3. The molecule has 0 aromatic heterocycles. The lowest BCUT2D eigenvalue weighted by Crippen LogP contribution is -2.47. The predicted octanol–water partition coefficient (Wildman–Crippen LogP) is -0.711. The number of likely N-dealkylation sites (tertiary alicyclic amines) is 1. The fourth-order valence-electron chi connectivity index (χ4n) is 2.12. The van der Waals surface area contributed by atoms with Gasteiger partial charge in [0.05, 0.1) is 6.42 Å². The number of carbonyl (C=O) groups is 4. The third-order valence-corrected chi connectivity index (χ3v) is 3.30. The molecule has 0 radical (unpaired) electrons. The van der Waals surface area contributed by atoms with Crippen molar-refractivity contribution in [1.29, 1.82) is 0 Å². The number of hydrogen-bond acceptors (Lipinski definition) is 4. The third kappa shape index (κ3) is 4.52. The highest BCUT2D eigenvalue weighted by Gasteiger charge is 2.30. The fraction of sp³-hybridized carbons (Fsp3) is 0.667. The van der Waals surface area contributed by atoms with Crippen LogP contribution in [0.25, 0.3) is 0 Å². The average Bonchev–Trinajstić information content (AvgIpc) is 2.37. The van der Waals surface area contributed by atoms with Crippen LogP contribution in [0.4, 0.5) is 0 Å². The second-order valence-electron chi connectivity index (χ2n) is 4.78. The number of nitrogens with one attached hydrogen (secondary N) is 1. The summed E-state index contributed by atoms with van der Waals surface area (Å²) in [6.45, 7) is 2.35. The number of carbonyl (C=O) groups excluding carboxylic acids is 2. The van der Waals surface area contributed by atoms with Gasteiger partial charge >= 0.3 is 11.9 Å². The zero-order valence-electron chi connectivity index (χ0n) is 11.2. The maximum absolute atomic E-state index is 11.9. The predicted molar refractivity (Wildman–Crippen MR) is 66.8 cm³/mol. The molecule has 0 unspecified atom stereocenters. The van der Waals surface area contributed by atoms with Crippen LogP contribution >= 0.6 is 0 Å². The molecule has 3 N–H and O–H groups in total. The minimum absolute atomic E-state index is 0.0573. The summed E-state index contributed by atoms with van der Waals surface area (Å²) in [6, 6.07) is -1.43. The SMILES string of the molecule is CC(=O)N1CCC(C(=O)N[C@H](CC(=O)O)C(=O)O)CC1. The van der Waals surface area contributed by atoms with Crippen molar-refractivity contribution >= 4 is 23.8 Å². The van der Waals surface area contributed by atoms with E-state index in [0.29, 0.717) is 25.9 Å². The van der Waals surface area contributed by atoms with Crippen LogP contribution in [0.15, 0.2) is 0 Å². The fourth-order valence-corrected chi connectivity index (χ4v) is 2.12. The maximum atomic E-state index is 11.9. The summed E-state index contributed by atoms with van der Waals surface area (Å²) in [6.07, 6.45) is 0.239. The second kappa shape index (κ2) is 6.88. The molecule has 1 heterocycles. The lowest BCUT2D eigenvalue weighted by molar-refractivity contribution is -0.148. The quantitative estimate of drug-likeness (QED) is 0.613. The minimum atomic E-state index is -1.43. The molecule has 1 saturated heterocycles. The smallest absolute Gasteiger partial charge is 0.326 e. The van der Waals surface area contributed by atoms with Crippen molar-refractivity contribution in [1.82, 2.24) is 10.2 Å². The van der Waals surface area contributed by atoms with Crippen molar-refractivity contribution < 1.29 is 29.4 Å². The van der Waals surface area contributed by atoms with Gasteiger partial charge in [0, 0.05) is 25.9 Å². The van der Waals surface area contributed by atoms with Crippen LogP contribution in [-0.4, -0.2) is 58.0 Å². The van der Waals surface area contributed by atoms with Gasteiger partial charge in [0.1, 0.15) is 6.04 Å². The summed E-state index contributed by atoms with van der Waals surface area (Å²) in [5.74, 6) is -3.58. The summed E-state index contributed by atoms with van der Waals surface area (Å²) in [4.78, 5) is 46.1. The van der Waals surface area contributed by atoms with E-state index in [1.54, 1.807) is 4.90 Å². The molecule has 2 amide bonds. The largest absolute Gasteiger partial charge is 0.481 e. The van der Waals surface area contributed by atoms with Gasteiger partial charge < -0.3 is 20.4 Å². The van der Waals surface area contributed by atoms with Gasteiger partial charge in [0.2, 0.25) is 11.8 Å². The van der Waals surface area contributed by atoms with Crippen LogP contribution in [0.5, 0.6) is 0 Å². The molecule has 8 heteroatoms. The topological polar surface area (TPSA) is 124 Å². The third-order valence-electron chi connectivity index (χ3n) is 3.30. The lowest BCUT2D eigenvalue weighted by Gasteiger charge is -2.31. The van der Waals surface area contributed by atoms with Crippen molar-refractivity contribution in [2.45, 2.75) is 32.2 Å². The van der Waals surface area contributed by atoms with Gasteiger partial charge in [-0.15, -0.1) is 0 Å². The molecule has 0 aliphatic carbocycles. The van der Waals surface area contributed by atoms with E-state index in [4.69, 9.17) is 10.2 Å². The molecule has 1 fully saturated rings. The summed E-state index contributed by atoms with van der Waals surface area (Å²) < 4.78 is 0. The Balaban J connectivity index is 2.52. The number of carboxylic acids is 2. The van der Waals surface area contributed by atoms with Gasteiger partial charge in [0.15, 0.2) is 0 Å². The second-order valence-corrected chi connectivity index (χ2v) is 4.78. The average molecular weight is 286 g/mol. The molecule has 0 saturated carbocycles. The summed E-state index contributed by atoms with van der Waals surface area (Å²) in [5.41, 5.74) is 0. The van der Waals surface area contributed by atoms with Crippen LogP contribution in [0.1, 0.15) is 26.2 Å². The van der Waals surface area contributed by atoms with Gasteiger partial charge in [-0.25, -0.2) is 4.79 Å². The molecule has 0 aromatic carbocycles. The zero-order chi connectivity index (χ0) is 15.3. The summed E-state index contributed by atoms with van der Waals surface area (Å²) in [7, 11) is 0.